The number of nitrogens with zero attached hydrogens (tertiary/aromatic N) is 4. The van der Waals surface area contributed by atoms with Gasteiger partial charge >= 0.3 is 0 Å². The topological polar surface area (TPSA) is 69.7 Å². The van der Waals surface area contributed by atoms with Gasteiger partial charge in [0.05, 0.1) is 52.2 Å². The zero-order valence-corrected chi connectivity index (χ0v) is 27.0. The van der Waals surface area contributed by atoms with Crippen molar-refractivity contribution in [1.82, 2.24) is 0 Å². The van der Waals surface area contributed by atoms with E-state index in [2.05, 4.69) is 85.0 Å². The van der Waals surface area contributed by atoms with Crippen LogP contribution in [0.15, 0.2) is 207 Å². The molecule has 8 bridgehead atoms. The Morgan fingerprint density at radius 3 is 0.880 bits per heavy atom. The molecule has 0 fully saturated rings. The molecule has 0 aliphatic carbocycles. The van der Waals surface area contributed by atoms with Gasteiger partial charge in [-0.2, -0.15) is 0 Å². The van der Waals surface area contributed by atoms with Crippen molar-refractivity contribution in [2.45, 2.75) is 6.61 Å². The molecule has 5 aliphatic heterocycles. The number of hydrogen-bond acceptors (Lipinski definition) is 5. The Hall–Kier alpha value is -6.56. The molecule has 5 nitrogen and oxygen atoms in total. The maximum absolute atomic E-state index is 9.78. The van der Waals surface area contributed by atoms with Crippen LogP contribution >= 0.6 is 0 Å². The molecule has 4 aromatic carbocycles. The van der Waals surface area contributed by atoms with Crippen molar-refractivity contribution in [3.05, 3.63) is 214 Å². The highest BCUT2D eigenvalue weighted by Gasteiger charge is 2.27. The molecule has 0 saturated carbocycles. The predicted molar refractivity (Wildman–Crippen MR) is 206 cm³/mol. The Morgan fingerprint density at radius 1 is 0.320 bits per heavy atom. The Labute approximate surface area is 290 Å². The maximum atomic E-state index is 9.78. The van der Waals surface area contributed by atoms with E-state index in [0.717, 1.165) is 95.7 Å². The molecular weight excluding hydrogens is 613 g/mol. The lowest BCUT2D eigenvalue weighted by molar-refractivity contribution is 0.282. The van der Waals surface area contributed by atoms with Gasteiger partial charge < -0.3 is 5.11 Å². The molecule has 5 aliphatic rings. The van der Waals surface area contributed by atoms with Crippen LogP contribution in [0.5, 0.6) is 0 Å². The van der Waals surface area contributed by atoms with Crippen molar-refractivity contribution in [3.8, 4) is 0 Å². The van der Waals surface area contributed by atoms with Gasteiger partial charge in [0.25, 0.3) is 0 Å². The van der Waals surface area contributed by atoms with Crippen LogP contribution in [-0.4, -0.2) is 28.0 Å². The highest BCUT2D eigenvalue weighted by molar-refractivity contribution is 6.39. The average molecular weight is 643 g/mol. The van der Waals surface area contributed by atoms with Gasteiger partial charge in [-0.3, -0.25) is 0 Å². The number of aliphatic hydroxyl groups excluding tert-OH is 1. The minimum Gasteiger partial charge on any atom is -0.392 e. The SMILES string of the molecule is OCc1ccc(C2=C3C=CC(=N3)C(c3ccccc3)=C3C=CC(=N3)C(c3ccccc3)=C3C=CC(=N3)C(c3ccccc3)=C3C=CC2=N3)cc1. The molecule has 50 heavy (non-hydrogen) atoms. The van der Waals surface area contributed by atoms with Crippen molar-refractivity contribution in [3.63, 3.8) is 0 Å². The van der Waals surface area contributed by atoms with E-state index < -0.39 is 0 Å². The molecule has 0 saturated heterocycles. The molecule has 0 spiro atoms. The van der Waals surface area contributed by atoms with E-state index in [4.69, 9.17) is 20.0 Å². The van der Waals surface area contributed by atoms with Crippen molar-refractivity contribution < 1.29 is 5.11 Å². The van der Waals surface area contributed by atoms with Gasteiger partial charge in [0, 0.05) is 22.3 Å². The average Bonchev–Trinajstić information content (AvgIpc) is 4.01. The summed E-state index contributed by atoms with van der Waals surface area (Å²) in [5.41, 5.74) is 15.3. The van der Waals surface area contributed by atoms with Crippen LogP contribution in [0.1, 0.15) is 27.8 Å². The summed E-state index contributed by atoms with van der Waals surface area (Å²) in [7, 11) is 0. The van der Waals surface area contributed by atoms with Crippen molar-refractivity contribution in [2.24, 2.45) is 20.0 Å². The van der Waals surface area contributed by atoms with Crippen LogP contribution in [-0.2, 0) is 6.61 Å². The van der Waals surface area contributed by atoms with Crippen LogP contribution in [0.25, 0.3) is 22.3 Å². The first-order chi connectivity index (χ1) is 24.7. The van der Waals surface area contributed by atoms with Gasteiger partial charge in [0.1, 0.15) is 0 Å². The first-order valence-electron chi connectivity index (χ1n) is 16.7. The Balaban J connectivity index is 1.36. The fourth-order valence-corrected chi connectivity index (χ4v) is 6.86. The maximum Gasteiger partial charge on any atom is 0.0738 e. The number of aliphatic hydroxyl groups is 1. The van der Waals surface area contributed by atoms with Crippen LogP contribution in [0.2, 0.25) is 0 Å². The summed E-state index contributed by atoms with van der Waals surface area (Å²) in [6.07, 6.45) is 16.6. The number of fused-ring (bicyclic) bond motifs is 4. The molecule has 1 N–H and O–H groups in total. The number of hydrogen-bond donors (Lipinski definition) is 1. The van der Waals surface area contributed by atoms with Gasteiger partial charge in [-0.25, -0.2) is 20.0 Å². The second-order valence-electron chi connectivity index (χ2n) is 12.3. The van der Waals surface area contributed by atoms with Gasteiger partial charge in [0.2, 0.25) is 0 Å². The molecule has 4 aromatic rings. The molecule has 0 radical (unpaired) electrons. The highest BCUT2D eigenvalue weighted by atomic mass is 16.3. The molecule has 5 heterocycles. The summed E-state index contributed by atoms with van der Waals surface area (Å²) < 4.78 is 0. The summed E-state index contributed by atoms with van der Waals surface area (Å²) in [5.74, 6) is 0. The summed E-state index contributed by atoms with van der Waals surface area (Å²) in [6, 6.07) is 38.9. The first-order valence-corrected chi connectivity index (χ1v) is 16.7. The predicted octanol–water partition coefficient (Wildman–Crippen LogP) is 9.18. The number of aliphatic imine (C=N–C) groups is 4. The fraction of sp³-hybridized carbons (Fsp3) is 0.0222. The molecule has 5 heteroatoms. The Bertz CT molecular complexity index is 2410. The van der Waals surface area contributed by atoms with E-state index in [1.54, 1.807) is 0 Å². The van der Waals surface area contributed by atoms with E-state index in [9.17, 15) is 5.11 Å². The highest BCUT2D eigenvalue weighted by Crippen LogP contribution is 2.38. The van der Waals surface area contributed by atoms with E-state index >= 15 is 0 Å². The van der Waals surface area contributed by atoms with Crippen molar-refractivity contribution in [1.29, 1.82) is 0 Å². The van der Waals surface area contributed by atoms with E-state index in [-0.39, 0.29) is 6.61 Å². The summed E-state index contributed by atoms with van der Waals surface area (Å²) >= 11 is 0. The van der Waals surface area contributed by atoms with Crippen LogP contribution in [0.4, 0.5) is 0 Å². The Morgan fingerprint density at radius 2 is 0.600 bits per heavy atom. The smallest absolute Gasteiger partial charge is 0.0738 e. The molecule has 0 amide bonds. The number of allylic oxidation sites excluding steroid dienone is 12. The molecule has 0 aromatic heterocycles. The molecular formula is C45H30N4O. The van der Waals surface area contributed by atoms with E-state index in [1.165, 1.54) is 0 Å². The zero-order valence-electron chi connectivity index (χ0n) is 27.0. The minimum atomic E-state index is -0.0232. The van der Waals surface area contributed by atoms with Crippen LogP contribution in [0, 0.1) is 0 Å². The summed E-state index contributed by atoms with van der Waals surface area (Å²) in [5, 5.41) is 9.78. The second kappa shape index (κ2) is 12.5. The largest absolute Gasteiger partial charge is 0.392 e. The standard InChI is InChI=1S/C45H30N4O/c50-28-29-16-18-33(19-17-29)45-40-26-24-38(48-40)43(31-12-6-2-7-13-31)36-22-20-34(46-36)42(30-10-4-1-5-11-30)35-21-23-37(47-35)44(32-14-8-3-9-15-32)39-25-27-41(45)49-39/h1-27,50H,28H2. The van der Waals surface area contributed by atoms with Crippen LogP contribution < -0.4 is 0 Å². The third kappa shape index (κ3) is 5.27. The van der Waals surface area contributed by atoms with Gasteiger partial charge in [-0.15, -0.1) is 0 Å². The zero-order chi connectivity index (χ0) is 33.4. The summed E-state index contributed by atoms with van der Waals surface area (Å²) in [4.78, 5) is 21.2. The number of rotatable bonds is 5. The molecule has 236 valence electrons. The summed E-state index contributed by atoms with van der Waals surface area (Å²) in [6.45, 7) is -0.0232. The molecule has 9 rings (SSSR count). The molecule has 0 atom stereocenters. The van der Waals surface area contributed by atoms with Crippen molar-refractivity contribution >= 4 is 45.1 Å². The van der Waals surface area contributed by atoms with Gasteiger partial charge in [-0.1, -0.05) is 115 Å². The fourth-order valence-electron chi connectivity index (χ4n) is 6.86. The van der Waals surface area contributed by atoms with Gasteiger partial charge in [0.15, 0.2) is 0 Å². The lowest BCUT2D eigenvalue weighted by atomic mass is 9.97. The third-order valence-electron chi connectivity index (χ3n) is 9.22. The molecule has 0 unspecified atom stereocenters. The second-order valence-corrected chi connectivity index (χ2v) is 12.3. The van der Waals surface area contributed by atoms with E-state index in [1.807, 2.05) is 78.9 Å². The van der Waals surface area contributed by atoms with Crippen LogP contribution in [0.3, 0.4) is 0 Å². The monoisotopic (exact) mass is 642 g/mol. The van der Waals surface area contributed by atoms with E-state index in [0.29, 0.717) is 0 Å². The number of benzene rings is 4. The van der Waals surface area contributed by atoms with Crippen molar-refractivity contribution in [2.75, 3.05) is 0 Å². The first kappa shape index (κ1) is 29.6. The third-order valence-corrected chi connectivity index (χ3v) is 9.22. The lowest BCUT2D eigenvalue weighted by Crippen LogP contribution is -2.03. The quantitative estimate of drug-likeness (QED) is 0.232. The lowest BCUT2D eigenvalue weighted by Gasteiger charge is -2.12. The normalized spacial score (nSPS) is 17.6. The van der Waals surface area contributed by atoms with Gasteiger partial charge in [-0.05, 0) is 76.4 Å². The minimum absolute atomic E-state index is 0.0232. The Kier molecular flexibility index (Phi) is 7.38.